The topological polar surface area (TPSA) is 119 Å². The van der Waals surface area contributed by atoms with E-state index in [1.165, 1.54) is 19.1 Å². The number of Topliss-reactive ketones (excluding diaryl/α,β-unsaturated/α-hetero) is 1. The third-order valence-corrected chi connectivity index (χ3v) is 4.01. The zero-order chi connectivity index (χ0) is 18.8. The first-order valence-electron chi connectivity index (χ1n) is 7.86. The summed E-state index contributed by atoms with van der Waals surface area (Å²) in [6, 6.07) is 15.0. The Kier molecular flexibility index (Phi) is 4.41. The van der Waals surface area contributed by atoms with Gasteiger partial charge in [0.15, 0.2) is 5.78 Å². The molecule has 3 aromatic carbocycles. The molecule has 0 heterocycles. The van der Waals surface area contributed by atoms with Gasteiger partial charge in [-0.15, -0.1) is 0 Å². The van der Waals surface area contributed by atoms with Crippen molar-refractivity contribution in [2.24, 2.45) is 5.73 Å². The molecule has 130 valence electrons. The highest BCUT2D eigenvalue weighted by molar-refractivity contribution is 6.01. The van der Waals surface area contributed by atoms with Crippen LogP contribution in [0.25, 0.3) is 10.8 Å². The van der Waals surface area contributed by atoms with Crippen LogP contribution in [0.2, 0.25) is 0 Å². The van der Waals surface area contributed by atoms with Gasteiger partial charge in [-0.2, -0.15) is 0 Å². The van der Waals surface area contributed by atoms with E-state index in [1.54, 1.807) is 42.5 Å². The number of ether oxygens (including phenoxy) is 1. The second-order valence-corrected chi connectivity index (χ2v) is 5.89. The van der Waals surface area contributed by atoms with Crippen LogP contribution in [0.3, 0.4) is 0 Å². The number of nitrogen functional groups attached to an aromatic ring is 2. The van der Waals surface area contributed by atoms with Crippen LogP contribution in [-0.4, -0.2) is 17.6 Å². The number of carbonyl (C=O) groups is 2. The minimum absolute atomic E-state index is 0.00751. The average molecular weight is 347 g/mol. The predicted molar refractivity (Wildman–Crippen MR) is 101 cm³/mol. The second-order valence-electron chi connectivity index (χ2n) is 5.89. The monoisotopic (exact) mass is 347 g/mol. The number of anilines is 1. The fourth-order valence-corrected chi connectivity index (χ4v) is 2.58. The van der Waals surface area contributed by atoms with Crippen molar-refractivity contribution >= 4 is 34.0 Å². The summed E-state index contributed by atoms with van der Waals surface area (Å²) >= 11 is 0. The zero-order valence-corrected chi connectivity index (χ0v) is 14.1. The number of rotatable bonds is 4. The number of esters is 1. The van der Waals surface area contributed by atoms with Gasteiger partial charge in [0.25, 0.3) is 0 Å². The van der Waals surface area contributed by atoms with Crippen molar-refractivity contribution < 1.29 is 14.3 Å². The quantitative estimate of drug-likeness (QED) is 0.167. The molecule has 26 heavy (non-hydrogen) atoms. The molecule has 0 radical (unpaired) electrons. The molecule has 0 unspecified atom stereocenters. The predicted octanol–water partition coefficient (Wildman–Crippen LogP) is 3.13. The third-order valence-electron chi connectivity index (χ3n) is 4.01. The lowest BCUT2D eigenvalue weighted by molar-refractivity contribution is 0.0735. The Morgan fingerprint density at radius 2 is 1.58 bits per heavy atom. The van der Waals surface area contributed by atoms with Gasteiger partial charge in [0.2, 0.25) is 0 Å². The summed E-state index contributed by atoms with van der Waals surface area (Å²) in [7, 11) is 0. The molecule has 0 aliphatic heterocycles. The molecule has 0 fully saturated rings. The summed E-state index contributed by atoms with van der Waals surface area (Å²) in [6.45, 7) is 1.43. The standard InChI is InChI=1S/C20H17N3O3/c1-11(24)12-5-7-17(18(21)10-12)20(25)26-16-6-4-13-8-15(19(22)23)3-2-14(13)9-16/h2-10H,21H2,1H3,(H3,22,23). The van der Waals surface area contributed by atoms with Gasteiger partial charge in [-0.1, -0.05) is 24.3 Å². The molecular formula is C20H17N3O3. The van der Waals surface area contributed by atoms with Crippen molar-refractivity contribution in [3.8, 4) is 5.75 Å². The molecule has 5 N–H and O–H groups in total. The van der Waals surface area contributed by atoms with Gasteiger partial charge in [-0.05, 0) is 48.0 Å². The van der Waals surface area contributed by atoms with Crippen LogP contribution in [-0.2, 0) is 0 Å². The van der Waals surface area contributed by atoms with Gasteiger partial charge in [-0.3, -0.25) is 10.2 Å². The molecular weight excluding hydrogens is 330 g/mol. The van der Waals surface area contributed by atoms with Crippen molar-refractivity contribution in [2.45, 2.75) is 6.92 Å². The lowest BCUT2D eigenvalue weighted by Gasteiger charge is -2.09. The van der Waals surface area contributed by atoms with Crippen LogP contribution in [0, 0.1) is 5.41 Å². The van der Waals surface area contributed by atoms with Crippen molar-refractivity contribution in [1.82, 2.24) is 0 Å². The van der Waals surface area contributed by atoms with Gasteiger partial charge in [-0.25, -0.2) is 4.79 Å². The van der Waals surface area contributed by atoms with Crippen molar-refractivity contribution in [2.75, 3.05) is 5.73 Å². The van der Waals surface area contributed by atoms with E-state index in [4.69, 9.17) is 21.6 Å². The summed E-state index contributed by atoms with van der Waals surface area (Å²) < 4.78 is 5.40. The molecule has 0 saturated heterocycles. The SMILES string of the molecule is CC(=O)c1ccc(C(=O)Oc2ccc3cc(C(=N)N)ccc3c2)c(N)c1. The van der Waals surface area contributed by atoms with Crippen LogP contribution >= 0.6 is 0 Å². The maximum absolute atomic E-state index is 12.4. The lowest BCUT2D eigenvalue weighted by atomic mass is 10.1. The van der Waals surface area contributed by atoms with Gasteiger partial charge >= 0.3 is 5.97 Å². The van der Waals surface area contributed by atoms with Crippen LogP contribution in [0.1, 0.15) is 33.2 Å². The van der Waals surface area contributed by atoms with E-state index >= 15 is 0 Å². The number of ketones is 1. The molecule has 0 aliphatic carbocycles. The van der Waals surface area contributed by atoms with Gasteiger partial charge in [0.1, 0.15) is 11.6 Å². The van der Waals surface area contributed by atoms with E-state index in [0.29, 0.717) is 16.9 Å². The molecule has 6 heteroatoms. The van der Waals surface area contributed by atoms with Gasteiger partial charge < -0.3 is 16.2 Å². The number of hydrogen-bond donors (Lipinski definition) is 3. The Hall–Kier alpha value is -3.67. The number of nitrogens with two attached hydrogens (primary N) is 2. The highest BCUT2D eigenvalue weighted by atomic mass is 16.5. The molecule has 0 amide bonds. The van der Waals surface area contributed by atoms with Crippen LogP contribution < -0.4 is 16.2 Å². The van der Waals surface area contributed by atoms with Crippen LogP contribution in [0.4, 0.5) is 5.69 Å². The molecule has 0 atom stereocenters. The largest absolute Gasteiger partial charge is 0.423 e. The van der Waals surface area contributed by atoms with E-state index in [2.05, 4.69) is 0 Å². The summed E-state index contributed by atoms with van der Waals surface area (Å²) in [5.41, 5.74) is 12.8. The van der Waals surface area contributed by atoms with Crippen molar-refractivity contribution in [1.29, 1.82) is 5.41 Å². The normalized spacial score (nSPS) is 10.5. The maximum Gasteiger partial charge on any atom is 0.345 e. The summed E-state index contributed by atoms with van der Waals surface area (Å²) in [5, 5.41) is 9.20. The summed E-state index contributed by atoms with van der Waals surface area (Å²) in [4.78, 5) is 23.7. The molecule has 3 aromatic rings. The number of carbonyl (C=O) groups excluding carboxylic acids is 2. The number of fused-ring (bicyclic) bond motifs is 1. The maximum atomic E-state index is 12.4. The first-order chi connectivity index (χ1) is 12.3. The number of benzene rings is 3. The number of amidine groups is 1. The fourth-order valence-electron chi connectivity index (χ4n) is 2.58. The van der Waals surface area contributed by atoms with Crippen molar-refractivity contribution in [3.05, 3.63) is 71.3 Å². The fraction of sp³-hybridized carbons (Fsp3) is 0.0500. The Bertz CT molecular complexity index is 1060. The minimum atomic E-state index is -0.600. The zero-order valence-electron chi connectivity index (χ0n) is 14.1. The molecule has 0 spiro atoms. The third kappa shape index (κ3) is 3.39. The molecule has 0 aromatic heterocycles. The van der Waals surface area contributed by atoms with Gasteiger partial charge in [0, 0.05) is 16.8 Å². The average Bonchev–Trinajstić information content (AvgIpc) is 2.60. The summed E-state index contributed by atoms with van der Waals surface area (Å²) in [6.07, 6.45) is 0. The van der Waals surface area contributed by atoms with E-state index in [1.807, 2.05) is 0 Å². The Morgan fingerprint density at radius 1 is 0.923 bits per heavy atom. The van der Waals surface area contributed by atoms with E-state index in [9.17, 15) is 9.59 Å². The lowest BCUT2D eigenvalue weighted by Crippen LogP contribution is -2.12. The van der Waals surface area contributed by atoms with E-state index < -0.39 is 5.97 Å². The van der Waals surface area contributed by atoms with Crippen molar-refractivity contribution in [3.63, 3.8) is 0 Å². The molecule has 6 nitrogen and oxygen atoms in total. The minimum Gasteiger partial charge on any atom is -0.423 e. The van der Waals surface area contributed by atoms with Crippen LogP contribution in [0.15, 0.2) is 54.6 Å². The Morgan fingerprint density at radius 3 is 2.23 bits per heavy atom. The highest BCUT2D eigenvalue weighted by Crippen LogP contribution is 2.24. The number of nitrogens with one attached hydrogen (secondary N) is 1. The smallest absolute Gasteiger partial charge is 0.345 e. The number of hydrogen-bond acceptors (Lipinski definition) is 5. The Labute approximate surface area is 149 Å². The van der Waals surface area contributed by atoms with Crippen LogP contribution in [0.5, 0.6) is 5.75 Å². The molecule has 0 aliphatic rings. The van der Waals surface area contributed by atoms with E-state index in [-0.39, 0.29) is 22.9 Å². The first-order valence-corrected chi connectivity index (χ1v) is 7.86. The Balaban J connectivity index is 1.86. The first kappa shape index (κ1) is 17.2. The van der Waals surface area contributed by atoms with E-state index in [0.717, 1.165) is 10.8 Å². The molecule has 0 bridgehead atoms. The molecule has 0 saturated carbocycles. The highest BCUT2D eigenvalue weighted by Gasteiger charge is 2.14. The molecule has 3 rings (SSSR count). The van der Waals surface area contributed by atoms with Gasteiger partial charge in [0.05, 0.1) is 5.56 Å². The second kappa shape index (κ2) is 6.68. The summed E-state index contributed by atoms with van der Waals surface area (Å²) in [5.74, 6) is -0.367.